The van der Waals surface area contributed by atoms with Crippen molar-refractivity contribution in [1.82, 2.24) is 30.2 Å². The Hall–Kier alpha value is -4.27. The number of hydrogen-bond acceptors (Lipinski definition) is 6. The van der Waals surface area contributed by atoms with Gasteiger partial charge in [-0.25, -0.2) is 4.68 Å². The number of aromatic nitrogens is 4. The SMILES string of the molecule is CCC(C)(C)NC(=O)C(c1ccncc1)N(Cc1ccc(OC)cc1)C(=O)Cn1nnc2ccccc21. The van der Waals surface area contributed by atoms with Gasteiger partial charge in [0.05, 0.1) is 12.6 Å². The summed E-state index contributed by atoms with van der Waals surface area (Å²) in [5.41, 5.74) is 2.53. The molecule has 0 fully saturated rings. The van der Waals surface area contributed by atoms with E-state index >= 15 is 0 Å². The van der Waals surface area contributed by atoms with Gasteiger partial charge in [-0.1, -0.05) is 36.4 Å². The van der Waals surface area contributed by atoms with Crippen LogP contribution in [0.1, 0.15) is 44.4 Å². The number of para-hydroxylation sites is 1. The molecule has 9 nitrogen and oxygen atoms in total. The topological polar surface area (TPSA) is 102 Å². The molecule has 2 heterocycles. The van der Waals surface area contributed by atoms with E-state index in [0.29, 0.717) is 16.8 Å². The number of amides is 2. The first-order valence-electron chi connectivity index (χ1n) is 12.2. The Balaban J connectivity index is 1.74. The molecule has 0 spiro atoms. The number of carbonyl (C=O) groups is 2. The number of rotatable bonds is 10. The van der Waals surface area contributed by atoms with Crippen molar-refractivity contribution in [2.24, 2.45) is 0 Å². The highest BCUT2D eigenvalue weighted by molar-refractivity contribution is 5.89. The molecule has 9 heteroatoms. The quantitative estimate of drug-likeness (QED) is 0.354. The third-order valence-corrected chi connectivity index (χ3v) is 6.46. The predicted molar refractivity (Wildman–Crippen MR) is 141 cm³/mol. The first-order chi connectivity index (χ1) is 17.8. The summed E-state index contributed by atoms with van der Waals surface area (Å²) in [6.07, 6.45) is 3.99. The minimum Gasteiger partial charge on any atom is -0.497 e. The summed E-state index contributed by atoms with van der Waals surface area (Å²) < 4.78 is 6.85. The second kappa shape index (κ2) is 11.2. The molecule has 0 aliphatic heterocycles. The summed E-state index contributed by atoms with van der Waals surface area (Å²) >= 11 is 0. The monoisotopic (exact) mass is 500 g/mol. The molecular weight excluding hydrogens is 468 g/mol. The van der Waals surface area contributed by atoms with E-state index in [2.05, 4.69) is 20.6 Å². The lowest BCUT2D eigenvalue weighted by Crippen LogP contribution is -2.50. The van der Waals surface area contributed by atoms with E-state index in [9.17, 15) is 9.59 Å². The summed E-state index contributed by atoms with van der Waals surface area (Å²) in [4.78, 5) is 33.4. The van der Waals surface area contributed by atoms with Crippen molar-refractivity contribution in [2.75, 3.05) is 7.11 Å². The lowest BCUT2D eigenvalue weighted by molar-refractivity contribution is -0.143. The van der Waals surface area contributed by atoms with E-state index in [0.717, 1.165) is 17.5 Å². The van der Waals surface area contributed by atoms with Crippen molar-refractivity contribution in [3.05, 3.63) is 84.2 Å². The van der Waals surface area contributed by atoms with Crippen LogP contribution in [0.4, 0.5) is 0 Å². The summed E-state index contributed by atoms with van der Waals surface area (Å²) in [5.74, 6) is 0.185. The first-order valence-corrected chi connectivity index (χ1v) is 12.2. The van der Waals surface area contributed by atoms with Gasteiger partial charge in [0.2, 0.25) is 11.8 Å². The van der Waals surface area contributed by atoms with Crippen LogP contribution in [0.15, 0.2) is 73.1 Å². The number of pyridine rings is 1. The maximum Gasteiger partial charge on any atom is 0.247 e. The molecule has 1 N–H and O–H groups in total. The molecule has 0 radical (unpaired) electrons. The second-order valence-electron chi connectivity index (χ2n) is 9.52. The van der Waals surface area contributed by atoms with Crippen LogP contribution in [0.25, 0.3) is 11.0 Å². The Morgan fingerprint density at radius 2 is 1.76 bits per heavy atom. The largest absolute Gasteiger partial charge is 0.497 e. The number of methoxy groups -OCH3 is 1. The highest BCUT2D eigenvalue weighted by atomic mass is 16.5. The molecule has 2 aromatic carbocycles. The third kappa shape index (κ3) is 6.11. The Labute approximate surface area is 216 Å². The van der Waals surface area contributed by atoms with Gasteiger partial charge in [-0.05, 0) is 67.8 Å². The molecule has 0 aliphatic rings. The van der Waals surface area contributed by atoms with Crippen molar-refractivity contribution >= 4 is 22.8 Å². The Bertz CT molecular complexity index is 1350. The normalized spacial score (nSPS) is 12.2. The summed E-state index contributed by atoms with van der Waals surface area (Å²) in [7, 11) is 1.60. The van der Waals surface area contributed by atoms with Gasteiger partial charge in [0.15, 0.2) is 0 Å². The Morgan fingerprint density at radius 1 is 1.05 bits per heavy atom. The number of fused-ring (bicyclic) bond motifs is 1. The maximum atomic E-state index is 14.0. The van der Waals surface area contributed by atoms with E-state index in [-0.39, 0.29) is 24.9 Å². The molecule has 2 amide bonds. The zero-order valence-corrected chi connectivity index (χ0v) is 21.6. The average molecular weight is 501 g/mol. The molecular formula is C28H32N6O3. The summed E-state index contributed by atoms with van der Waals surface area (Å²) in [6, 6.07) is 17.6. The van der Waals surface area contributed by atoms with E-state index in [1.165, 1.54) is 0 Å². The van der Waals surface area contributed by atoms with Crippen LogP contribution in [0.5, 0.6) is 5.75 Å². The minimum atomic E-state index is -0.877. The lowest BCUT2D eigenvalue weighted by Gasteiger charge is -2.34. The molecule has 4 rings (SSSR count). The van der Waals surface area contributed by atoms with Gasteiger partial charge in [0.1, 0.15) is 23.9 Å². The Morgan fingerprint density at radius 3 is 2.43 bits per heavy atom. The zero-order chi connectivity index (χ0) is 26.4. The number of hydrogen-bond donors (Lipinski definition) is 1. The van der Waals surface area contributed by atoms with E-state index in [1.54, 1.807) is 41.2 Å². The second-order valence-corrected chi connectivity index (χ2v) is 9.52. The average Bonchev–Trinajstić information content (AvgIpc) is 3.31. The molecule has 192 valence electrons. The number of ether oxygens (including phenoxy) is 1. The lowest BCUT2D eigenvalue weighted by atomic mass is 9.98. The first kappa shape index (κ1) is 25.8. The molecule has 0 bridgehead atoms. The highest BCUT2D eigenvalue weighted by Crippen LogP contribution is 2.26. The fourth-order valence-corrected chi connectivity index (χ4v) is 4.01. The number of benzene rings is 2. The number of nitrogens with one attached hydrogen (secondary N) is 1. The van der Waals surface area contributed by atoms with Gasteiger partial charge in [-0.2, -0.15) is 0 Å². The summed E-state index contributed by atoms with van der Waals surface area (Å²) in [5, 5.41) is 11.5. The van der Waals surface area contributed by atoms with Crippen LogP contribution in [-0.4, -0.2) is 49.3 Å². The van der Waals surface area contributed by atoms with Gasteiger partial charge >= 0.3 is 0 Å². The maximum absolute atomic E-state index is 14.0. The van der Waals surface area contributed by atoms with Crippen molar-refractivity contribution in [3.63, 3.8) is 0 Å². The number of carbonyl (C=O) groups excluding carboxylic acids is 2. The van der Waals surface area contributed by atoms with Crippen molar-refractivity contribution < 1.29 is 14.3 Å². The van der Waals surface area contributed by atoms with Crippen LogP contribution in [-0.2, 0) is 22.7 Å². The Kier molecular flexibility index (Phi) is 7.81. The van der Waals surface area contributed by atoms with Crippen LogP contribution >= 0.6 is 0 Å². The number of nitrogens with zero attached hydrogens (tertiary/aromatic N) is 5. The summed E-state index contributed by atoms with van der Waals surface area (Å²) in [6.45, 7) is 6.08. The van der Waals surface area contributed by atoms with Crippen LogP contribution in [0, 0.1) is 0 Å². The molecule has 4 aromatic rings. The van der Waals surface area contributed by atoms with Gasteiger partial charge in [-0.3, -0.25) is 14.6 Å². The molecule has 37 heavy (non-hydrogen) atoms. The van der Waals surface area contributed by atoms with E-state index in [4.69, 9.17) is 4.74 Å². The van der Waals surface area contributed by atoms with Crippen LogP contribution in [0.2, 0.25) is 0 Å². The minimum absolute atomic E-state index is 0.0668. The zero-order valence-electron chi connectivity index (χ0n) is 21.6. The smallest absolute Gasteiger partial charge is 0.247 e. The molecule has 0 aliphatic carbocycles. The van der Waals surface area contributed by atoms with Gasteiger partial charge in [0, 0.05) is 24.5 Å². The van der Waals surface area contributed by atoms with E-state index in [1.807, 2.05) is 69.3 Å². The fraction of sp³-hybridized carbons (Fsp3) is 0.321. The predicted octanol–water partition coefficient (Wildman–Crippen LogP) is 3.91. The fourth-order valence-electron chi connectivity index (χ4n) is 4.01. The van der Waals surface area contributed by atoms with Crippen LogP contribution in [0.3, 0.4) is 0 Å². The standard InChI is InChI=1S/C28H32N6O3/c1-5-28(2,3)30-27(36)26(21-14-16-29-17-15-21)33(18-20-10-12-22(37-4)13-11-20)25(35)19-34-24-9-7-6-8-23(24)31-32-34/h6-17,26H,5,18-19H2,1-4H3,(H,30,36). The molecule has 0 saturated carbocycles. The van der Waals surface area contributed by atoms with Crippen molar-refractivity contribution in [3.8, 4) is 5.75 Å². The highest BCUT2D eigenvalue weighted by Gasteiger charge is 2.34. The van der Waals surface area contributed by atoms with Crippen molar-refractivity contribution in [2.45, 2.75) is 51.9 Å². The molecule has 1 unspecified atom stereocenters. The molecule has 1 atom stereocenters. The van der Waals surface area contributed by atoms with Gasteiger partial charge in [0.25, 0.3) is 0 Å². The molecule has 0 saturated heterocycles. The molecule has 2 aromatic heterocycles. The van der Waals surface area contributed by atoms with Crippen LogP contribution < -0.4 is 10.1 Å². The van der Waals surface area contributed by atoms with E-state index < -0.39 is 11.6 Å². The van der Waals surface area contributed by atoms with Crippen molar-refractivity contribution in [1.29, 1.82) is 0 Å². The third-order valence-electron chi connectivity index (χ3n) is 6.46. The van der Waals surface area contributed by atoms with Gasteiger partial charge < -0.3 is 15.0 Å². The van der Waals surface area contributed by atoms with Gasteiger partial charge in [-0.15, -0.1) is 5.10 Å².